The lowest BCUT2D eigenvalue weighted by molar-refractivity contribution is 0.174. The maximum atomic E-state index is 5.48. The van der Waals surface area contributed by atoms with Crippen molar-refractivity contribution in [1.29, 1.82) is 0 Å². The van der Waals surface area contributed by atoms with Gasteiger partial charge in [0, 0.05) is 25.7 Å². The van der Waals surface area contributed by atoms with Crippen molar-refractivity contribution in [2.24, 2.45) is 0 Å². The number of hydrogen-bond donors (Lipinski definition) is 1. The first-order valence-electron chi connectivity index (χ1n) is 9.81. The van der Waals surface area contributed by atoms with Crippen molar-refractivity contribution in [3.8, 4) is 11.5 Å². The van der Waals surface area contributed by atoms with Crippen LogP contribution in [0.5, 0.6) is 11.5 Å². The summed E-state index contributed by atoms with van der Waals surface area (Å²) in [5.74, 6) is 3.12. The second kappa shape index (κ2) is 6.85. The Bertz CT molecular complexity index is 1010. The van der Waals surface area contributed by atoms with Crippen LogP contribution >= 0.6 is 0 Å². The van der Waals surface area contributed by atoms with Crippen molar-refractivity contribution >= 4 is 22.9 Å². The molecule has 0 spiro atoms. The number of hydrogen-bond acceptors (Lipinski definition) is 7. The molecular formula is C20H24N6O2. The number of fused-ring (bicyclic) bond motifs is 2. The van der Waals surface area contributed by atoms with Crippen molar-refractivity contribution in [1.82, 2.24) is 19.5 Å². The molecule has 1 aromatic carbocycles. The minimum absolute atomic E-state index is 0.282. The molecule has 8 nitrogen and oxygen atoms in total. The first kappa shape index (κ1) is 17.1. The SMILES string of the molecule is CC(C)n1cnc2c(NCc3ccc4c(c3)OCO4)nc(N3CCCC3)nc21. The lowest BCUT2D eigenvalue weighted by atomic mass is 10.2. The molecule has 1 fully saturated rings. The fourth-order valence-electron chi connectivity index (χ4n) is 3.70. The van der Waals surface area contributed by atoms with Gasteiger partial charge in [-0.05, 0) is 44.4 Å². The Kier molecular flexibility index (Phi) is 4.18. The zero-order valence-corrected chi connectivity index (χ0v) is 16.2. The Balaban J connectivity index is 1.48. The molecule has 2 aliphatic rings. The van der Waals surface area contributed by atoms with E-state index in [4.69, 9.17) is 19.4 Å². The number of ether oxygens (including phenoxy) is 2. The summed E-state index contributed by atoms with van der Waals surface area (Å²) in [5, 5.41) is 3.46. The van der Waals surface area contributed by atoms with Crippen molar-refractivity contribution in [3.05, 3.63) is 30.1 Å². The van der Waals surface area contributed by atoms with Crippen LogP contribution in [0.4, 0.5) is 11.8 Å². The average molecular weight is 380 g/mol. The molecule has 146 valence electrons. The predicted molar refractivity (Wildman–Crippen MR) is 107 cm³/mol. The Morgan fingerprint density at radius 3 is 2.75 bits per heavy atom. The van der Waals surface area contributed by atoms with E-state index < -0.39 is 0 Å². The lowest BCUT2D eigenvalue weighted by Crippen LogP contribution is -2.21. The van der Waals surface area contributed by atoms with Gasteiger partial charge in [-0.15, -0.1) is 0 Å². The van der Waals surface area contributed by atoms with E-state index in [1.54, 1.807) is 0 Å². The number of rotatable bonds is 5. The van der Waals surface area contributed by atoms with E-state index in [9.17, 15) is 0 Å². The summed E-state index contributed by atoms with van der Waals surface area (Å²) in [6.07, 6.45) is 4.22. The number of anilines is 2. The van der Waals surface area contributed by atoms with E-state index >= 15 is 0 Å². The van der Waals surface area contributed by atoms with Crippen LogP contribution in [-0.4, -0.2) is 39.4 Å². The quantitative estimate of drug-likeness (QED) is 0.727. The number of benzene rings is 1. The number of nitrogens with zero attached hydrogens (tertiary/aromatic N) is 5. The highest BCUT2D eigenvalue weighted by Gasteiger charge is 2.21. The smallest absolute Gasteiger partial charge is 0.231 e. The van der Waals surface area contributed by atoms with Gasteiger partial charge in [0.05, 0.1) is 6.33 Å². The fraction of sp³-hybridized carbons (Fsp3) is 0.450. The van der Waals surface area contributed by atoms with Gasteiger partial charge in [-0.25, -0.2) is 4.98 Å². The van der Waals surface area contributed by atoms with Gasteiger partial charge in [0.25, 0.3) is 0 Å². The molecule has 0 aliphatic carbocycles. The van der Waals surface area contributed by atoms with Gasteiger partial charge in [-0.1, -0.05) is 6.07 Å². The van der Waals surface area contributed by atoms with Crippen molar-refractivity contribution in [2.45, 2.75) is 39.3 Å². The highest BCUT2D eigenvalue weighted by Crippen LogP contribution is 2.33. The Morgan fingerprint density at radius 1 is 1.11 bits per heavy atom. The Morgan fingerprint density at radius 2 is 1.93 bits per heavy atom. The van der Waals surface area contributed by atoms with Crippen LogP contribution < -0.4 is 19.7 Å². The molecule has 4 heterocycles. The van der Waals surface area contributed by atoms with E-state index in [1.165, 1.54) is 12.8 Å². The van der Waals surface area contributed by atoms with Gasteiger partial charge in [0.15, 0.2) is 28.5 Å². The highest BCUT2D eigenvalue weighted by atomic mass is 16.7. The molecule has 28 heavy (non-hydrogen) atoms. The summed E-state index contributed by atoms with van der Waals surface area (Å²) in [7, 11) is 0. The van der Waals surface area contributed by atoms with Crippen LogP contribution in [-0.2, 0) is 6.54 Å². The van der Waals surface area contributed by atoms with Crippen LogP contribution in [0.15, 0.2) is 24.5 Å². The van der Waals surface area contributed by atoms with Crippen molar-refractivity contribution in [3.63, 3.8) is 0 Å². The van der Waals surface area contributed by atoms with Crippen molar-refractivity contribution < 1.29 is 9.47 Å². The molecule has 3 aromatic rings. The predicted octanol–water partition coefficient (Wildman–Crippen LogP) is 3.35. The first-order valence-corrected chi connectivity index (χ1v) is 9.81. The topological polar surface area (TPSA) is 77.3 Å². The molecule has 2 aromatic heterocycles. The largest absolute Gasteiger partial charge is 0.454 e. The van der Waals surface area contributed by atoms with Gasteiger partial charge < -0.3 is 24.3 Å². The van der Waals surface area contributed by atoms with Gasteiger partial charge >= 0.3 is 0 Å². The minimum Gasteiger partial charge on any atom is -0.454 e. The van der Waals surface area contributed by atoms with E-state index in [0.717, 1.165) is 53.1 Å². The normalized spacial score (nSPS) is 15.8. The van der Waals surface area contributed by atoms with E-state index in [2.05, 4.69) is 33.6 Å². The van der Waals surface area contributed by atoms with Crippen LogP contribution in [0.1, 0.15) is 38.3 Å². The van der Waals surface area contributed by atoms with Crippen LogP contribution in [0, 0.1) is 0 Å². The Hall–Kier alpha value is -3.03. The second-order valence-electron chi connectivity index (χ2n) is 7.53. The van der Waals surface area contributed by atoms with Crippen LogP contribution in [0.25, 0.3) is 11.2 Å². The molecule has 0 radical (unpaired) electrons. The summed E-state index contributed by atoms with van der Waals surface area (Å²) in [4.78, 5) is 16.5. The molecular weight excluding hydrogens is 356 g/mol. The highest BCUT2D eigenvalue weighted by molar-refractivity contribution is 5.84. The summed E-state index contributed by atoms with van der Waals surface area (Å²) in [6, 6.07) is 6.26. The van der Waals surface area contributed by atoms with Crippen LogP contribution in [0.2, 0.25) is 0 Å². The maximum Gasteiger partial charge on any atom is 0.231 e. The Labute approximate surface area is 163 Å². The molecule has 8 heteroatoms. The number of nitrogens with one attached hydrogen (secondary N) is 1. The van der Waals surface area contributed by atoms with Gasteiger partial charge in [-0.2, -0.15) is 9.97 Å². The van der Waals surface area contributed by atoms with Crippen molar-refractivity contribution in [2.75, 3.05) is 30.1 Å². The number of aromatic nitrogens is 4. The van der Waals surface area contributed by atoms with Gasteiger partial charge in [0.1, 0.15) is 0 Å². The summed E-state index contributed by atoms with van der Waals surface area (Å²) in [6.45, 7) is 7.18. The van der Waals surface area contributed by atoms with E-state index in [1.807, 2.05) is 24.5 Å². The molecule has 1 saturated heterocycles. The fourth-order valence-corrected chi connectivity index (χ4v) is 3.70. The lowest BCUT2D eigenvalue weighted by Gasteiger charge is -2.17. The second-order valence-corrected chi connectivity index (χ2v) is 7.53. The molecule has 0 atom stereocenters. The molecule has 5 rings (SSSR count). The third kappa shape index (κ3) is 2.98. The molecule has 1 N–H and O–H groups in total. The van der Waals surface area contributed by atoms with E-state index in [-0.39, 0.29) is 12.8 Å². The molecule has 0 bridgehead atoms. The number of imidazole rings is 1. The monoisotopic (exact) mass is 380 g/mol. The summed E-state index contributed by atoms with van der Waals surface area (Å²) >= 11 is 0. The van der Waals surface area contributed by atoms with Gasteiger partial charge in [-0.3, -0.25) is 0 Å². The maximum absolute atomic E-state index is 5.48. The molecule has 2 aliphatic heterocycles. The first-order chi connectivity index (χ1) is 13.7. The van der Waals surface area contributed by atoms with E-state index in [0.29, 0.717) is 6.54 Å². The minimum atomic E-state index is 0.282. The third-order valence-electron chi connectivity index (χ3n) is 5.25. The third-order valence-corrected chi connectivity index (χ3v) is 5.25. The van der Waals surface area contributed by atoms with Crippen LogP contribution in [0.3, 0.4) is 0 Å². The summed E-state index contributed by atoms with van der Waals surface area (Å²) < 4.78 is 13.0. The standard InChI is InChI=1S/C20H24N6O2/c1-13(2)26-11-22-17-18(23-20(24-19(17)26)25-7-3-4-8-25)21-10-14-5-6-15-16(9-14)28-12-27-15/h5-6,9,11,13H,3-4,7-8,10,12H2,1-2H3,(H,21,23,24). The van der Waals surface area contributed by atoms with Gasteiger partial charge in [0.2, 0.25) is 12.7 Å². The summed E-state index contributed by atoms with van der Waals surface area (Å²) in [5.41, 5.74) is 2.78. The molecule has 0 saturated carbocycles. The zero-order valence-electron chi connectivity index (χ0n) is 16.2. The molecule has 0 unspecified atom stereocenters. The zero-order chi connectivity index (χ0) is 19.1. The average Bonchev–Trinajstić information content (AvgIpc) is 3.45. The molecule has 0 amide bonds.